The van der Waals surface area contributed by atoms with Gasteiger partial charge in [-0.15, -0.1) is 0 Å². The van der Waals surface area contributed by atoms with Gasteiger partial charge in [0, 0.05) is 39.3 Å². The molecule has 0 aromatic carbocycles. The summed E-state index contributed by atoms with van der Waals surface area (Å²) < 4.78 is 0. The van der Waals surface area contributed by atoms with Gasteiger partial charge in [0.25, 0.3) is 0 Å². The van der Waals surface area contributed by atoms with E-state index < -0.39 is 0 Å². The van der Waals surface area contributed by atoms with Gasteiger partial charge in [-0.1, -0.05) is 33.6 Å². The summed E-state index contributed by atoms with van der Waals surface area (Å²) in [5.41, 5.74) is 0. The Bertz CT molecular complexity index is 122. The van der Waals surface area contributed by atoms with Crippen molar-refractivity contribution in [1.82, 2.24) is 15.5 Å². The van der Waals surface area contributed by atoms with Crippen LogP contribution in [0.25, 0.3) is 0 Å². The number of hydrogen-bond acceptors (Lipinski definition) is 3. The van der Waals surface area contributed by atoms with Crippen molar-refractivity contribution in [3.8, 4) is 0 Å². The second-order valence-electron chi connectivity index (χ2n) is 4.05. The molecule has 1 fully saturated rings. The molecule has 2 N–H and O–H groups in total. The normalized spacial score (nSPS) is 16.7. The second kappa shape index (κ2) is 12.9. The predicted molar refractivity (Wildman–Crippen MR) is 73.1 cm³/mol. The molecule has 1 heterocycles. The third kappa shape index (κ3) is 9.13. The molecule has 0 radical (unpaired) electrons. The fourth-order valence-corrected chi connectivity index (χ4v) is 1.80. The lowest BCUT2D eigenvalue weighted by atomic mass is 10.2. The Morgan fingerprint density at radius 1 is 1.06 bits per heavy atom. The Hall–Kier alpha value is -0.120. The van der Waals surface area contributed by atoms with Crippen molar-refractivity contribution < 1.29 is 0 Å². The predicted octanol–water partition coefficient (Wildman–Crippen LogP) is 1.70. The van der Waals surface area contributed by atoms with E-state index in [4.69, 9.17) is 0 Å². The molecule has 3 nitrogen and oxygen atoms in total. The molecule has 0 saturated carbocycles. The minimum absolute atomic E-state index is 1.16. The van der Waals surface area contributed by atoms with E-state index >= 15 is 0 Å². The van der Waals surface area contributed by atoms with Crippen LogP contribution < -0.4 is 10.6 Å². The lowest BCUT2D eigenvalue weighted by Gasteiger charge is -2.27. The van der Waals surface area contributed by atoms with Crippen molar-refractivity contribution in [2.75, 3.05) is 45.8 Å². The first-order chi connectivity index (χ1) is 7.93. The maximum Gasteiger partial charge on any atom is 0.0108 e. The van der Waals surface area contributed by atoms with Crippen LogP contribution in [0.15, 0.2) is 0 Å². The summed E-state index contributed by atoms with van der Waals surface area (Å²) in [6, 6.07) is 0. The monoisotopic (exact) mass is 229 g/mol. The molecule has 1 saturated heterocycles. The quantitative estimate of drug-likeness (QED) is 0.651. The van der Waals surface area contributed by atoms with Gasteiger partial charge >= 0.3 is 0 Å². The lowest BCUT2D eigenvalue weighted by Crippen LogP contribution is -2.45. The van der Waals surface area contributed by atoms with Crippen LogP contribution in [0.3, 0.4) is 0 Å². The summed E-state index contributed by atoms with van der Waals surface area (Å²) in [5, 5.41) is 6.88. The molecule has 0 aliphatic carbocycles. The number of rotatable bonds is 7. The van der Waals surface area contributed by atoms with Gasteiger partial charge in [0.15, 0.2) is 0 Å². The molecule has 16 heavy (non-hydrogen) atoms. The number of nitrogens with one attached hydrogen (secondary N) is 2. The Morgan fingerprint density at radius 2 is 1.75 bits per heavy atom. The Morgan fingerprint density at radius 3 is 2.38 bits per heavy atom. The van der Waals surface area contributed by atoms with E-state index in [-0.39, 0.29) is 0 Å². The molecule has 0 aromatic rings. The molecule has 0 atom stereocenters. The van der Waals surface area contributed by atoms with E-state index in [0.717, 1.165) is 19.6 Å². The van der Waals surface area contributed by atoms with Crippen LogP contribution in [0.2, 0.25) is 0 Å². The van der Waals surface area contributed by atoms with Gasteiger partial charge in [-0.25, -0.2) is 0 Å². The summed E-state index contributed by atoms with van der Waals surface area (Å²) in [6.45, 7) is 14.6. The SMILES string of the molecule is CC.CCCCCNCCN1CCNCC1. The fourth-order valence-electron chi connectivity index (χ4n) is 1.80. The van der Waals surface area contributed by atoms with Crippen molar-refractivity contribution in [2.45, 2.75) is 40.0 Å². The molecular weight excluding hydrogens is 198 g/mol. The molecule has 98 valence electrons. The molecule has 0 aromatic heterocycles. The van der Waals surface area contributed by atoms with E-state index in [2.05, 4.69) is 22.5 Å². The minimum Gasteiger partial charge on any atom is -0.315 e. The molecule has 0 unspecified atom stereocenters. The number of hydrogen-bond donors (Lipinski definition) is 2. The number of unbranched alkanes of at least 4 members (excludes halogenated alkanes) is 2. The molecule has 3 heteroatoms. The molecule has 1 rings (SSSR count). The Kier molecular flexibility index (Phi) is 12.9. The van der Waals surface area contributed by atoms with Crippen LogP contribution in [0.4, 0.5) is 0 Å². The first kappa shape index (κ1) is 15.9. The van der Waals surface area contributed by atoms with Crippen molar-refractivity contribution in [3.05, 3.63) is 0 Å². The first-order valence-electron chi connectivity index (χ1n) is 7.07. The van der Waals surface area contributed by atoms with Crippen LogP contribution in [-0.2, 0) is 0 Å². The highest BCUT2D eigenvalue weighted by Gasteiger charge is 2.07. The van der Waals surface area contributed by atoms with Crippen LogP contribution in [0, 0.1) is 0 Å². The van der Waals surface area contributed by atoms with Gasteiger partial charge in [-0.3, -0.25) is 4.90 Å². The number of piperazine rings is 1. The molecule has 0 bridgehead atoms. The van der Waals surface area contributed by atoms with Gasteiger partial charge in [0.1, 0.15) is 0 Å². The summed E-state index contributed by atoms with van der Waals surface area (Å²) in [4.78, 5) is 2.53. The van der Waals surface area contributed by atoms with Crippen LogP contribution >= 0.6 is 0 Å². The van der Waals surface area contributed by atoms with Crippen molar-refractivity contribution in [3.63, 3.8) is 0 Å². The maximum absolute atomic E-state index is 3.51. The summed E-state index contributed by atoms with van der Waals surface area (Å²) >= 11 is 0. The maximum atomic E-state index is 3.51. The zero-order valence-corrected chi connectivity index (χ0v) is 11.5. The highest BCUT2D eigenvalue weighted by molar-refractivity contribution is 4.67. The molecule has 1 aliphatic rings. The molecule has 1 aliphatic heterocycles. The summed E-state index contributed by atoms with van der Waals surface area (Å²) in [6.07, 6.45) is 4.01. The van der Waals surface area contributed by atoms with Gasteiger partial charge in [0.05, 0.1) is 0 Å². The van der Waals surface area contributed by atoms with Crippen LogP contribution in [0.1, 0.15) is 40.0 Å². The topological polar surface area (TPSA) is 27.3 Å². The van der Waals surface area contributed by atoms with Crippen molar-refractivity contribution in [2.24, 2.45) is 0 Å². The van der Waals surface area contributed by atoms with Crippen LogP contribution in [0.5, 0.6) is 0 Å². The van der Waals surface area contributed by atoms with Crippen molar-refractivity contribution in [1.29, 1.82) is 0 Å². The fraction of sp³-hybridized carbons (Fsp3) is 1.00. The Balaban J connectivity index is 0.00000106. The average molecular weight is 229 g/mol. The Labute approximate surface area is 102 Å². The third-order valence-corrected chi connectivity index (χ3v) is 2.77. The van der Waals surface area contributed by atoms with Gasteiger partial charge < -0.3 is 10.6 Å². The standard InChI is InChI=1S/C11H25N3.C2H6/c1-2-3-4-5-12-6-9-14-10-7-13-8-11-14;1-2/h12-13H,2-11H2,1H3;1-2H3. The molecular formula is C13H31N3. The molecule has 0 amide bonds. The van der Waals surface area contributed by atoms with Crippen molar-refractivity contribution >= 4 is 0 Å². The largest absolute Gasteiger partial charge is 0.315 e. The minimum atomic E-state index is 1.16. The molecule has 0 spiro atoms. The van der Waals surface area contributed by atoms with E-state index in [1.807, 2.05) is 13.8 Å². The van der Waals surface area contributed by atoms with E-state index in [1.54, 1.807) is 0 Å². The van der Waals surface area contributed by atoms with Gasteiger partial charge in [-0.2, -0.15) is 0 Å². The van der Waals surface area contributed by atoms with Gasteiger partial charge in [-0.05, 0) is 13.0 Å². The summed E-state index contributed by atoms with van der Waals surface area (Å²) in [7, 11) is 0. The van der Waals surface area contributed by atoms with E-state index in [1.165, 1.54) is 45.4 Å². The first-order valence-corrected chi connectivity index (χ1v) is 7.07. The highest BCUT2D eigenvalue weighted by Crippen LogP contribution is 1.92. The highest BCUT2D eigenvalue weighted by atomic mass is 15.2. The number of nitrogens with zero attached hydrogens (tertiary/aromatic N) is 1. The second-order valence-corrected chi connectivity index (χ2v) is 4.05. The smallest absolute Gasteiger partial charge is 0.0108 e. The zero-order chi connectivity index (χ0) is 12.1. The van der Waals surface area contributed by atoms with Crippen LogP contribution in [-0.4, -0.2) is 50.7 Å². The lowest BCUT2D eigenvalue weighted by molar-refractivity contribution is 0.241. The third-order valence-electron chi connectivity index (χ3n) is 2.77. The summed E-state index contributed by atoms with van der Waals surface area (Å²) in [5.74, 6) is 0. The van der Waals surface area contributed by atoms with E-state index in [0.29, 0.717) is 0 Å². The van der Waals surface area contributed by atoms with Gasteiger partial charge in [0.2, 0.25) is 0 Å². The van der Waals surface area contributed by atoms with E-state index in [9.17, 15) is 0 Å². The zero-order valence-electron chi connectivity index (χ0n) is 11.5. The average Bonchev–Trinajstić information content (AvgIpc) is 2.37.